The molecule has 7 heteroatoms. The normalized spacial score (nSPS) is 19.8. The van der Waals surface area contributed by atoms with E-state index in [0.717, 1.165) is 53.8 Å². The van der Waals surface area contributed by atoms with Gasteiger partial charge in [-0.1, -0.05) is 51.5 Å². The van der Waals surface area contributed by atoms with Crippen LogP contribution in [-0.4, -0.2) is 33.4 Å². The van der Waals surface area contributed by atoms with Crippen molar-refractivity contribution in [3.63, 3.8) is 0 Å². The lowest BCUT2D eigenvalue weighted by Crippen LogP contribution is -2.48. The Labute approximate surface area is 233 Å². The van der Waals surface area contributed by atoms with Crippen LogP contribution in [0.2, 0.25) is 0 Å². The number of hydrogen-bond acceptors (Lipinski definition) is 6. The van der Waals surface area contributed by atoms with Gasteiger partial charge in [-0.05, 0) is 63.6 Å². The summed E-state index contributed by atoms with van der Waals surface area (Å²) in [6.07, 6.45) is 2.15. The minimum atomic E-state index is -0.419. The molecule has 0 aliphatic carbocycles. The van der Waals surface area contributed by atoms with Gasteiger partial charge < -0.3 is 23.9 Å². The molecule has 2 saturated heterocycles. The summed E-state index contributed by atoms with van der Waals surface area (Å²) in [6, 6.07) is 10.3. The van der Waals surface area contributed by atoms with Crippen LogP contribution in [0.3, 0.4) is 0 Å². The highest BCUT2D eigenvalue weighted by Crippen LogP contribution is 2.36. The molecule has 0 radical (unpaired) electrons. The molecule has 0 saturated carbocycles. The SMILES string of the molecule is Cc1ccc(N[C@H](C)c2cc(C)cc3c(=O)c(C)c(N4CCC(C)(C)CC4)oc23)c(B2OCC(C)(C)CO2)c1. The predicted molar refractivity (Wildman–Crippen MR) is 161 cm³/mol. The molecule has 5 rings (SSSR count). The van der Waals surface area contributed by atoms with Crippen LogP contribution in [0.15, 0.2) is 39.5 Å². The summed E-state index contributed by atoms with van der Waals surface area (Å²) in [4.78, 5) is 15.9. The van der Waals surface area contributed by atoms with E-state index in [1.165, 1.54) is 0 Å². The molecule has 0 unspecified atom stereocenters. The van der Waals surface area contributed by atoms with Gasteiger partial charge in [0, 0.05) is 48.4 Å². The fourth-order valence-corrected chi connectivity index (χ4v) is 5.69. The van der Waals surface area contributed by atoms with Gasteiger partial charge in [0.2, 0.25) is 5.88 Å². The van der Waals surface area contributed by atoms with E-state index in [0.29, 0.717) is 41.0 Å². The minimum Gasteiger partial charge on any atom is -0.440 e. The van der Waals surface area contributed by atoms with Gasteiger partial charge in [0.1, 0.15) is 5.58 Å². The molecule has 0 spiro atoms. The lowest BCUT2D eigenvalue weighted by Gasteiger charge is -2.37. The van der Waals surface area contributed by atoms with Gasteiger partial charge in [-0.2, -0.15) is 0 Å². The third kappa shape index (κ3) is 5.76. The molecule has 0 amide bonds. The van der Waals surface area contributed by atoms with Crippen LogP contribution in [0, 0.1) is 31.6 Å². The van der Waals surface area contributed by atoms with Crippen molar-refractivity contribution in [1.82, 2.24) is 0 Å². The maximum absolute atomic E-state index is 13.6. The Morgan fingerprint density at radius 2 is 1.59 bits per heavy atom. The molecular weight excluding hydrogens is 487 g/mol. The van der Waals surface area contributed by atoms with Crippen LogP contribution in [-0.2, 0) is 9.31 Å². The van der Waals surface area contributed by atoms with Crippen molar-refractivity contribution in [3.05, 3.63) is 62.8 Å². The summed E-state index contributed by atoms with van der Waals surface area (Å²) in [5.41, 5.74) is 6.83. The smallest absolute Gasteiger partial charge is 0.440 e. The summed E-state index contributed by atoms with van der Waals surface area (Å²) in [7, 11) is -0.419. The molecule has 0 bridgehead atoms. The van der Waals surface area contributed by atoms with Crippen LogP contribution < -0.4 is 21.1 Å². The summed E-state index contributed by atoms with van der Waals surface area (Å²) >= 11 is 0. The van der Waals surface area contributed by atoms with Gasteiger partial charge in [-0.25, -0.2) is 0 Å². The Kier molecular flexibility index (Phi) is 7.36. The third-order valence-corrected chi connectivity index (χ3v) is 8.32. The van der Waals surface area contributed by atoms with E-state index in [-0.39, 0.29) is 16.9 Å². The van der Waals surface area contributed by atoms with Crippen molar-refractivity contribution < 1.29 is 13.7 Å². The van der Waals surface area contributed by atoms with E-state index in [4.69, 9.17) is 13.7 Å². The molecule has 1 atom stereocenters. The van der Waals surface area contributed by atoms with Crippen molar-refractivity contribution in [2.45, 2.75) is 74.3 Å². The highest BCUT2D eigenvalue weighted by atomic mass is 16.6. The average Bonchev–Trinajstić information content (AvgIpc) is 2.87. The van der Waals surface area contributed by atoms with E-state index in [1.807, 2.05) is 19.9 Å². The van der Waals surface area contributed by atoms with Gasteiger partial charge >= 0.3 is 7.12 Å². The Bertz CT molecular complexity index is 1420. The van der Waals surface area contributed by atoms with E-state index in [9.17, 15) is 4.79 Å². The molecular formula is C32H43BN2O4. The first-order chi connectivity index (χ1) is 18.3. The second-order valence-electron chi connectivity index (χ2n) is 13.3. The number of rotatable bonds is 5. The number of benzene rings is 2. The zero-order chi connectivity index (χ0) is 28.1. The topological polar surface area (TPSA) is 63.9 Å². The second-order valence-corrected chi connectivity index (χ2v) is 13.3. The van der Waals surface area contributed by atoms with Crippen LogP contribution in [0.25, 0.3) is 11.0 Å². The van der Waals surface area contributed by atoms with Crippen molar-refractivity contribution >= 4 is 35.1 Å². The Morgan fingerprint density at radius 1 is 0.923 bits per heavy atom. The van der Waals surface area contributed by atoms with Crippen LogP contribution in [0.1, 0.15) is 75.8 Å². The number of fused-ring (bicyclic) bond motifs is 1. The average molecular weight is 531 g/mol. The van der Waals surface area contributed by atoms with Crippen molar-refractivity contribution in [2.75, 3.05) is 36.5 Å². The molecule has 2 aromatic carbocycles. The van der Waals surface area contributed by atoms with Crippen LogP contribution in [0.4, 0.5) is 11.6 Å². The summed E-state index contributed by atoms with van der Waals surface area (Å²) in [6.45, 7) is 20.1. The first-order valence-electron chi connectivity index (χ1n) is 14.3. The van der Waals surface area contributed by atoms with Gasteiger partial charge in [0.25, 0.3) is 0 Å². The first-order valence-corrected chi connectivity index (χ1v) is 14.3. The van der Waals surface area contributed by atoms with E-state index >= 15 is 0 Å². The lowest BCUT2D eigenvalue weighted by molar-refractivity contribution is 0.0343. The predicted octanol–water partition coefficient (Wildman–Crippen LogP) is 6.29. The Hall–Kier alpha value is -2.77. The maximum atomic E-state index is 13.6. The highest BCUT2D eigenvalue weighted by Gasteiger charge is 2.35. The van der Waals surface area contributed by atoms with Gasteiger partial charge in [-0.15, -0.1) is 0 Å². The summed E-state index contributed by atoms with van der Waals surface area (Å²) in [5.74, 6) is 0.711. The fourth-order valence-electron chi connectivity index (χ4n) is 5.69. The van der Waals surface area contributed by atoms with Gasteiger partial charge in [0.15, 0.2) is 5.43 Å². The fraction of sp³-hybridized carbons (Fsp3) is 0.531. The lowest BCUT2D eigenvalue weighted by atomic mass is 9.74. The molecule has 1 N–H and O–H groups in total. The van der Waals surface area contributed by atoms with E-state index < -0.39 is 7.12 Å². The zero-order valence-corrected chi connectivity index (χ0v) is 24.9. The monoisotopic (exact) mass is 530 g/mol. The molecule has 39 heavy (non-hydrogen) atoms. The Balaban J connectivity index is 1.51. The van der Waals surface area contributed by atoms with Crippen molar-refractivity contribution in [1.29, 1.82) is 0 Å². The highest BCUT2D eigenvalue weighted by molar-refractivity contribution is 6.63. The summed E-state index contributed by atoms with van der Waals surface area (Å²) < 4.78 is 19.0. The number of piperidine rings is 1. The zero-order valence-electron chi connectivity index (χ0n) is 24.9. The molecule has 1 aromatic heterocycles. The van der Waals surface area contributed by atoms with E-state index in [1.54, 1.807) is 0 Å². The van der Waals surface area contributed by atoms with Gasteiger partial charge in [-0.3, -0.25) is 4.79 Å². The largest absolute Gasteiger partial charge is 0.496 e. The van der Waals surface area contributed by atoms with Crippen molar-refractivity contribution in [2.24, 2.45) is 10.8 Å². The maximum Gasteiger partial charge on any atom is 0.496 e. The quantitative estimate of drug-likeness (QED) is 0.392. The molecule has 3 heterocycles. The standard InChI is InChI=1S/C32H43BN2O4/c1-20-9-10-27(26(17-20)33-37-18-32(7,8)19-38-33)34-23(4)24-15-21(2)16-25-28(36)22(3)30(39-29(24)25)35-13-11-31(5,6)12-14-35/h9-10,15-17,23,34H,11-14,18-19H2,1-8H3/t23-/m1/s1. The molecule has 3 aromatic rings. The van der Waals surface area contributed by atoms with Gasteiger partial charge in [0.05, 0.1) is 17.0 Å². The Morgan fingerprint density at radius 3 is 2.26 bits per heavy atom. The first kappa shape index (κ1) is 27.8. The molecule has 2 aliphatic rings. The molecule has 2 fully saturated rings. The number of hydrogen-bond donors (Lipinski definition) is 1. The second kappa shape index (κ2) is 10.3. The van der Waals surface area contributed by atoms with Crippen LogP contribution >= 0.6 is 0 Å². The van der Waals surface area contributed by atoms with Crippen molar-refractivity contribution in [3.8, 4) is 0 Å². The number of nitrogens with one attached hydrogen (secondary N) is 1. The molecule has 208 valence electrons. The minimum absolute atomic E-state index is 0.000815. The number of anilines is 2. The van der Waals surface area contributed by atoms with E-state index in [2.05, 4.69) is 76.0 Å². The molecule has 2 aliphatic heterocycles. The third-order valence-electron chi connectivity index (χ3n) is 8.32. The summed E-state index contributed by atoms with van der Waals surface area (Å²) in [5, 5.41) is 4.34. The van der Waals surface area contributed by atoms with Crippen LogP contribution in [0.5, 0.6) is 0 Å². The molecule has 6 nitrogen and oxygen atoms in total. The number of aryl methyl sites for hydroxylation is 2. The number of nitrogens with zero attached hydrogens (tertiary/aromatic N) is 1.